The highest BCUT2D eigenvalue weighted by Crippen LogP contribution is 2.18. The van der Waals surface area contributed by atoms with Gasteiger partial charge in [-0.1, -0.05) is 50.8 Å². The molecule has 0 fully saturated rings. The van der Waals surface area contributed by atoms with Crippen LogP contribution in [-0.2, 0) is 0 Å². The minimum Gasteiger partial charge on any atom is -0.490 e. The van der Waals surface area contributed by atoms with E-state index < -0.39 is 0 Å². The van der Waals surface area contributed by atoms with Crippen LogP contribution in [0.2, 0.25) is 0 Å². The highest BCUT2D eigenvalue weighted by Gasteiger charge is 2.13. The lowest BCUT2D eigenvalue weighted by molar-refractivity contribution is 0.0932. The molecule has 1 atom stereocenters. The van der Waals surface area contributed by atoms with Crippen molar-refractivity contribution in [3.8, 4) is 11.5 Å². The van der Waals surface area contributed by atoms with Crippen LogP contribution in [0.1, 0.15) is 30.6 Å². The maximum Gasteiger partial charge on any atom is 0.273 e. The monoisotopic (exact) mass is 354 g/mol. The van der Waals surface area contributed by atoms with Crippen LogP contribution in [0.4, 0.5) is 0 Å². The molecule has 0 spiro atoms. The van der Waals surface area contributed by atoms with Crippen LogP contribution in [0, 0.1) is 5.92 Å². The number of amides is 1. The topological polar surface area (TPSA) is 59.6 Å². The number of carbonyl (C=O) groups is 1. The van der Waals surface area contributed by atoms with Gasteiger partial charge in [-0.3, -0.25) is 10.2 Å². The summed E-state index contributed by atoms with van der Waals surface area (Å²) < 4.78 is 11.3. The van der Waals surface area contributed by atoms with E-state index in [0.717, 1.165) is 17.9 Å². The Labute approximate surface area is 155 Å². The molecule has 5 nitrogen and oxygen atoms in total. The minimum absolute atomic E-state index is 0.269. The third-order valence-corrected chi connectivity index (χ3v) is 4.03. The average Bonchev–Trinajstić information content (AvgIpc) is 2.69. The van der Waals surface area contributed by atoms with E-state index in [-0.39, 0.29) is 11.8 Å². The zero-order chi connectivity index (χ0) is 18.8. The Balaban J connectivity index is 1.86. The second-order valence-corrected chi connectivity index (χ2v) is 5.92. The minimum atomic E-state index is -0.269. The lowest BCUT2D eigenvalue weighted by Crippen LogP contribution is -2.38. The standard InChI is InChI=1S/C21H26N2O3/c1-4-16(2)17(3)22-23-21(24)19-12-8-9-13-20(19)26-15-14-25-18-10-6-5-7-11-18/h5-13,16,22H,3-4,14-15H2,1-2H3,(H,23,24)/t16-/m1/s1. The first kappa shape index (κ1) is 19.4. The molecule has 0 aliphatic heterocycles. The molecule has 26 heavy (non-hydrogen) atoms. The SMILES string of the molecule is C=C(NNC(=O)c1ccccc1OCCOc1ccccc1)[C@H](C)CC. The fourth-order valence-electron chi connectivity index (χ4n) is 2.18. The zero-order valence-corrected chi connectivity index (χ0v) is 15.3. The molecule has 0 aromatic heterocycles. The van der Waals surface area contributed by atoms with Gasteiger partial charge in [-0.2, -0.15) is 0 Å². The summed E-state index contributed by atoms with van der Waals surface area (Å²) in [5.41, 5.74) is 6.77. The fourth-order valence-corrected chi connectivity index (χ4v) is 2.18. The maximum absolute atomic E-state index is 12.4. The number of hydrogen-bond acceptors (Lipinski definition) is 4. The van der Waals surface area contributed by atoms with Crippen molar-refractivity contribution in [2.45, 2.75) is 20.3 Å². The molecular formula is C21H26N2O3. The van der Waals surface area contributed by atoms with Crippen molar-refractivity contribution in [2.75, 3.05) is 13.2 Å². The van der Waals surface area contributed by atoms with Gasteiger partial charge in [0, 0.05) is 5.70 Å². The predicted molar refractivity (Wildman–Crippen MR) is 103 cm³/mol. The molecule has 0 radical (unpaired) electrons. The average molecular weight is 354 g/mol. The van der Waals surface area contributed by atoms with E-state index in [0.29, 0.717) is 24.5 Å². The Bertz CT molecular complexity index is 716. The first-order valence-corrected chi connectivity index (χ1v) is 8.76. The highest BCUT2D eigenvalue weighted by atomic mass is 16.5. The molecule has 0 bridgehead atoms. The van der Waals surface area contributed by atoms with E-state index in [1.165, 1.54) is 0 Å². The quantitative estimate of drug-likeness (QED) is 0.501. The zero-order valence-electron chi connectivity index (χ0n) is 15.3. The number of hydrazine groups is 1. The van der Waals surface area contributed by atoms with Crippen LogP contribution < -0.4 is 20.3 Å². The van der Waals surface area contributed by atoms with Crippen LogP contribution in [0.25, 0.3) is 0 Å². The van der Waals surface area contributed by atoms with Crippen molar-refractivity contribution in [1.82, 2.24) is 10.9 Å². The van der Waals surface area contributed by atoms with Gasteiger partial charge < -0.3 is 14.9 Å². The fraction of sp³-hybridized carbons (Fsp3) is 0.286. The summed E-state index contributed by atoms with van der Waals surface area (Å²) in [5, 5.41) is 0. The van der Waals surface area contributed by atoms with Crippen LogP contribution in [0.3, 0.4) is 0 Å². The van der Waals surface area contributed by atoms with Gasteiger partial charge in [0.05, 0.1) is 5.56 Å². The Morgan fingerprint density at radius 3 is 2.38 bits per heavy atom. The summed E-state index contributed by atoms with van der Waals surface area (Å²) >= 11 is 0. The first-order chi connectivity index (χ1) is 12.6. The van der Waals surface area contributed by atoms with Gasteiger partial charge in [-0.05, 0) is 36.6 Å². The van der Waals surface area contributed by atoms with Gasteiger partial charge >= 0.3 is 0 Å². The van der Waals surface area contributed by atoms with E-state index >= 15 is 0 Å². The summed E-state index contributed by atoms with van der Waals surface area (Å²) in [6, 6.07) is 16.6. The Morgan fingerprint density at radius 1 is 1.00 bits per heavy atom. The van der Waals surface area contributed by atoms with Gasteiger partial charge in [0.15, 0.2) is 0 Å². The predicted octanol–water partition coefficient (Wildman–Crippen LogP) is 3.94. The summed E-state index contributed by atoms with van der Waals surface area (Å²) in [5.74, 6) is 1.30. The number of benzene rings is 2. The van der Waals surface area contributed by atoms with Gasteiger partial charge in [-0.15, -0.1) is 0 Å². The first-order valence-electron chi connectivity index (χ1n) is 8.76. The largest absolute Gasteiger partial charge is 0.490 e. The summed E-state index contributed by atoms with van der Waals surface area (Å²) in [4.78, 5) is 12.4. The number of rotatable bonds is 10. The molecule has 2 N–H and O–H groups in total. The van der Waals surface area contributed by atoms with Crippen molar-refractivity contribution in [2.24, 2.45) is 5.92 Å². The molecule has 0 saturated heterocycles. The molecule has 5 heteroatoms. The number of nitrogens with one attached hydrogen (secondary N) is 2. The van der Waals surface area contributed by atoms with Crippen LogP contribution >= 0.6 is 0 Å². The molecule has 2 aromatic carbocycles. The van der Waals surface area contributed by atoms with E-state index in [2.05, 4.69) is 24.4 Å². The summed E-state index contributed by atoms with van der Waals surface area (Å²) in [7, 11) is 0. The molecular weight excluding hydrogens is 328 g/mol. The Morgan fingerprint density at radius 2 is 1.65 bits per heavy atom. The molecule has 0 saturated carbocycles. The molecule has 0 heterocycles. The van der Waals surface area contributed by atoms with Crippen LogP contribution in [-0.4, -0.2) is 19.1 Å². The van der Waals surface area contributed by atoms with Crippen molar-refractivity contribution in [3.63, 3.8) is 0 Å². The van der Waals surface area contributed by atoms with E-state index in [4.69, 9.17) is 9.47 Å². The van der Waals surface area contributed by atoms with Crippen LogP contribution in [0.5, 0.6) is 11.5 Å². The Kier molecular flexibility index (Phi) is 7.55. The number of allylic oxidation sites excluding steroid dienone is 1. The van der Waals surface area contributed by atoms with Crippen molar-refractivity contribution in [1.29, 1.82) is 0 Å². The van der Waals surface area contributed by atoms with Crippen molar-refractivity contribution < 1.29 is 14.3 Å². The Hall–Kier alpha value is -2.95. The van der Waals surface area contributed by atoms with E-state index in [9.17, 15) is 4.79 Å². The van der Waals surface area contributed by atoms with E-state index in [1.807, 2.05) is 43.3 Å². The lowest BCUT2D eigenvalue weighted by Gasteiger charge is -2.17. The molecule has 0 unspecified atom stereocenters. The number of ether oxygens (including phenoxy) is 2. The third kappa shape index (κ3) is 5.84. The van der Waals surface area contributed by atoms with E-state index in [1.54, 1.807) is 18.2 Å². The van der Waals surface area contributed by atoms with Crippen molar-refractivity contribution in [3.05, 3.63) is 72.4 Å². The number of para-hydroxylation sites is 2. The molecule has 0 aliphatic rings. The van der Waals surface area contributed by atoms with Gasteiger partial charge in [0.2, 0.25) is 0 Å². The molecule has 138 valence electrons. The van der Waals surface area contributed by atoms with Crippen LogP contribution in [0.15, 0.2) is 66.9 Å². The van der Waals surface area contributed by atoms with Gasteiger partial charge in [-0.25, -0.2) is 0 Å². The lowest BCUT2D eigenvalue weighted by atomic mass is 10.1. The third-order valence-electron chi connectivity index (χ3n) is 4.03. The molecule has 0 aliphatic carbocycles. The second kappa shape index (κ2) is 10.1. The summed E-state index contributed by atoms with van der Waals surface area (Å²) in [6.45, 7) is 8.78. The molecule has 2 aromatic rings. The second-order valence-electron chi connectivity index (χ2n) is 5.92. The number of carbonyl (C=O) groups excluding carboxylic acids is 1. The summed E-state index contributed by atoms with van der Waals surface area (Å²) in [6.07, 6.45) is 0.947. The highest BCUT2D eigenvalue weighted by molar-refractivity contribution is 5.96. The van der Waals surface area contributed by atoms with Crippen molar-refractivity contribution >= 4 is 5.91 Å². The normalized spacial score (nSPS) is 11.3. The number of hydrogen-bond donors (Lipinski definition) is 2. The molecule has 1 amide bonds. The smallest absolute Gasteiger partial charge is 0.273 e. The van der Waals surface area contributed by atoms with Gasteiger partial charge in [0.25, 0.3) is 5.91 Å². The van der Waals surface area contributed by atoms with Gasteiger partial charge in [0.1, 0.15) is 24.7 Å². The molecule has 2 rings (SSSR count). The maximum atomic E-state index is 12.4.